The maximum Gasteiger partial charge on any atom is 0.0955 e. The summed E-state index contributed by atoms with van der Waals surface area (Å²) in [4.78, 5) is 1.67. The average Bonchev–Trinajstić information content (AvgIpc) is 2.68. The molecule has 0 bridgehead atoms. The Hall–Kier alpha value is -0.790. The van der Waals surface area contributed by atoms with Gasteiger partial charge < -0.3 is 17.3 Å². The third-order valence-corrected chi connectivity index (χ3v) is 3.09. The van der Waals surface area contributed by atoms with E-state index in [0.29, 0.717) is 0 Å². The topological polar surface area (TPSA) is 4.44 Å². The molecule has 82 valence electrons. The molecule has 1 N–H and O–H groups in total. The van der Waals surface area contributed by atoms with Crippen LogP contribution < -0.4 is 17.3 Å². The van der Waals surface area contributed by atoms with E-state index >= 15 is 0 Å². The van der Waals surface area contributed by atoms with Gasteiger partial charge in [-0.1, -0.05) is 36.9 Å². The van der Waals surface area contributed by atoms with Gasteiger partial charge in [0.25, 0.3) is 0 Å². The van der Waals surface area contributed by atoms with Crippen LogP contribution in [0.4, 0.5) is 0 Å². The summed E-state index contributed by atoms with van der Waals surface area (Å²) in [6, 6.07) is 10.9. The number of rotatable bonds is 3. The van der Waals surface area contributed by atoms with Crippen molar-refractivity contribution < 1.29 is 17.3 Å². The highest BCUT2D eigenvalue weighted by atomic mass is 35.5. The van der Waals surface area contributed by atoms with Crippen molar-refractivity contribution in [3.8, 4) is 0 Å². The third kappa shape index (κ3) is 3.08. The van der Waals surface area contributed by atoms with E-state index in [1.165, 1.54) is 25.1 Å². The first-order chi connectivity index (χ1) is 6.90. The fourth-order valence-corrected chi connectivity index (χ4v) is 2.33. The summed E-state index contributed by atoms with van der Waals surface area (Å²) in [5.74, 6) is 0.770. The van der Waals surface area contributed by atoms with E-state index < -0.39 is 0 Å². The highest BCUT2D eigenvalue weighted by Gasteiger charge is 2.25. The van der Waals surface area contributed by atoms with Crippen molar-refractivity contribution in [2.75, 3.05) is 19.6 Å². The Morgan fingerprint density at radius 3 is 2.73 bits per heavy atom. The van der Waals surface area contributed by atoms with Crippen molar-refractivity contribution >= 4 is 0 Å². The van der Waals surface area contributed by atoms with Gasteiger partial charge in [0.2, 0.25) is 0 Å². The number of likely N-dealkylation sites (tertiary alicyclic amines) is 1. The zero-order valence-corrected chi connectivity index (χ0v) is 9.71. The van der Waals surface area contributed by atoms with Crippen LogP contribution in [-0.4, -0.2) is 19.6 Å². The molecule has 2 rings (SSSR count). The van der Waals surface area contributed by atoms with Gasteiger partial charge >= 0.3 is 0 Å². The molecule has 1 aromatic carbocycles. The molecule has 1 aliphatic heterocycles. The first-order valence-corrected chi connectivity index (χ1v) is 5.39. The average molecular weight is 224 g/mol. The molecular formula is C13H18ClN. The molecule has 1 nitrogen and oxygen atoms in total. The Labute approximate surface area is 98.2 Å². The SMILES string of the molecule is C=CC[NH+]1CCC(c2ccccc2)C1.[Cl-]. The molecular weight excluding hydrogens is 206 g/mol. The maximum absolute atomic E-state index is 3.80. The number of halogens is 1. The van der Waals surface area contributed by atoms with E-state index in [-0.39, 0.29) is 12.4 Å². The predicted octanol–water partition coefficient (Wildman–Crippen LogP) is -1.75. The number of benzene rings is 1. The molecule has 0 spiro atoms. The van der Waals surface area contributed by atoms with Crippen LogP contribution in [-0.2, 0) is 0 Å². The lowest BCUT2D eigenvalue weighted by atomic mass is 9.99. The minimum atomic E-state index is 0. The molecule has 15 heavy (non-hydrogen) atoms. The van der Waals surface area contributed by atoms with E-state index in [2.05, 4.69) is 36.9 Å². The molecule has 2 unspecified atom stereocenters. The zero-order valence-electron chi connectivity index (χ0n) is 8.95. The van der Waals surface area contributed by atoms with E-state index in [0.717, 1.165) is 12.5 Å². The van der Waals surface area contributed by atoms with Crippen LogP contribution in [0.3, 0.4) is 0 Å². The second-order valence-electron chi connectivity index (χ2n) is 4.09. The lowest BCUT2D eigenvalue weighted by Gasteiger charge is -2.10. The molecule has 0 aliphatic carbocycles. The fourth-order valence-electron chi connectivity index (χ4n) is 2.33. The Bertz CT molecular complexity index is 297. The van der Waals surface area contributed by atoms with Crippen LogP contribution in [0.5, 0.6) is 0 Å². The zero-order chi connectivity index (χ0) is 9.80. The van der Waals surface area contributed by atoms with Gasteiger partial charge in [-0.2, -0.15) is 0 Å². The molecule has 0 amide bonds. The van der Waals surface area contributed by atoms with E-state index in [9.17, 15) is 0 Å². The largest absolute Gasteiger partial charge is 1.00 e. The van der Waals surface area contributed by atoms with Gasteiger partial charge in [0.15, 0.2) is 0 Å². The molecule has 1 aromatic rings. The summed E-state index contributed by atoms with van der Waals surface area (Å²) in [5.41, 5.74) is 1.51. The minimum Gasteiger partial charge on any atom is -1.00 e. The second kappa shape index (κ2) is 5.94. The lowest BCUT2D eigenvalue weighted by molar-refractivity contribution is -0.881. The molecule has 1 fully saturated rings. The molecule has 1 heterocycles. The van der Waals surface area contributed by atoms with Crippen LogP contribution >= 0.6 is 0 Å². The Kier molecular flexibility index (Phi) is 4.86. The van der Waals surface area contributed by atoms with Crippen LogP contribution in [0.15, 0.2) is 43.0 Å². The second-order valence-corrected chi connectivity index (χ2v) is 4.09. The van der Waals surface area contributed by atoms with Crippen LogP contribution in [0.2, 0.25) is 0 Å². The van der Waals surface area contributed by atoms with Gasteiger partial charge in [-0.15, -0.1) is 0 Å². The maximum atomic E-state index is 3.80. The first-order valence-electron chi connectivity index (χ1n) is 5.39. The summed E-state index contributed by atoms with van der Waals surface area (Å²) < 4.78 is 0. The standard InChI is InChI=1S/C13H17N.ClH/c1-2-9-14-10-8-13(11-14)12-6-4-3-5-7-12;/h2-7,13H,1,8-11H2;1H. The summed E-state index contributed by atoms with van der Waals surface area (Å²) in [6.45, 7) is 7.49. The highest BCUT2D eigenvalue weighted by Crippen LogP contribution is 2.19. The Morgan fingerprint density at radius 1 is 1.33 bits per heavy atom. The summed E-state index contributed by atoms with van der Waals surface area (Å²) in [7, 11) is 0. The van der Waals surface area contributed by atoms with Crippen LogP contribution in [0.1, 0.15) is 17.9 Å². The molecule has 1 aliphatic rings. The van der Waals surface area contributed by atoms with E-state index in [1.807, 2.05) is 6.08 Å². The van der Waals surface area contributed by atoms with Crippen LogP contribution in [0, 0.1) is 0 Å². The molecule has 0 radical (unpaired) electrons. The lowest BCUT2D eigenvalue weighted by Crippen LogP contribution is -3.09. The number of hydrogen-bond donors (Lipinski definition) is 1. The first kappa shape index (κ1) is 12.3. The normalized spacial score (nSPS) is 24.5. The third-order valence-electron chi connectivity index (χ3n) is 3.09. The van der Waals surface area contributed by atoms with E-state index in [1.54, 1.807) is 4.90 Å². The van der Waals surface area contributed by atoms with Gasteiger partial charge in [0.1, 0.15) is 0 Å². The highest BCUT2D eigenvalue weighted by molar-refractivity contribution is 5.19. The number of quaternary nitrogens is 1. The summed E-state index contributed by atoms with van der Waals surface area (Å²) in [6.07, 6.45) is 3.36. The van der Waals surface area contributed by atoms with E-state index in [4.69, 9.17) is 0 Å². The fraction of sp³-hybridized carbons (Fsp3) is 0.385. The number of nitrogens with one attached hydrogen (secondary N) is 1. The summed E-state index contributed by atoms with van der Waals surface area (Å²) >= 11 is 0. The van der Waals surface area contributed by atoms with Crippen LogP contribution in [0.25, 0.3) is 0 Å². The van der Waals surface area contributed by atoms with Gasteiger partial charge in [-0.3, -0.25) is 0 Å². The van der Waals surface area contributed by atoms with Crippen molar-refractivity contribution in [2.45, 2.75) is 12.3 Å². The molecule has 2 heteroatoms. The quantitative estimate of drug-likeness (QED) is 0.580. The predicted molar refractivity (Wildman–Crippen MR) is 59.6 cm³/mol. The van der Waals surface area contributed by atoms with Crippen molar-refractivity contribution in [3.63, 3.8) is 0 Å². The molecule has 1 saturated heterocycles. The van der Waals surface area contributed by atoms with Crippen molar-refractivity contribution in [3.05, 3.63) is 48.6 Å². The Morgan fingerprint density at radius 2 is 2.07 bits per heavy atom. The van der Waals surface area contributed by atoms with Gasteiger partial charge in [0.05, 0.1) is 19.6 Å². The van der Waals surface area contributed by atoms with Crippen molar-refractivity contribution in [2.24, 2.45) is 0 Å². The smallest absolute Gasteiger partial charge is 0.0955 e. The molecule has 2 atom stereocenters. The van der Waals surface area contributed by atoms with Crippen molar-refractivity contribution in [1.82, 2.24) is 0 Å². The Balaban J connectivity index is 0.00000112. The van der Waals surface area contributed by atoms with Gasteiger partial charge in [-0.25, -0.2) is 0 Å². The minimum absolute atomic E-state index is 0. The summed E-state index contributed by atoms with van der Waals surface area (Å²) in [5, 5.41) is 0. The van der Waals surface area contributed by atoms with Gasteiger partial charge in [0, 0.05) is 12.3 Å². The monoisotopic (exact) mass is 223 g/mol. The molecule has 0 aromatic heterocycles. The molecule has 0 saturated carbocycles. The number of hydrogen-bond acceptors (Lipinski definition) is 0. The van der Waals surface area contributed by atoms with Crippen molar-refractivity contribution in [1.29, 1.82) is 0 Å². The van der Waals surface area contributed by atoms with Gasteiger partial charge in [-0.05, 0) is 11.6 Å².